The van der Waals surface area contributed by atoms with E-state index in [2.05, 4.69) is 0 Å². The van der Waals surface area contributed by atoms with Crippen molar-refractivity contribution >= 4 is 15.9 Å². The van der Waals surface area contributed by atoms with E-state index >= 15 is 0 Å². The molecular formula is C9H19N3O3S. The Morgan fingerprint density at radius 1 is 1.56 bits per heavy atom. The number of amides is 1. The fourth-order valence-corrected chi connectivity index (χ4v) is 2.46. The second-order valence-corrected chi connectivity index (χ2v) is 6.06. The molecule has 1 fully saturated rings. The fourth-order valence-electron chi connectivity index (χ4n) is 1.70. The van der Waals surface area contributed by atoms with Crippen molar-refractivity contribution in [2.24, 2.45) is 10.9 Å². The van der Waals surface area contributed by atoms with Gasteiger partial charge in [0.05, 0.1) is 0 Å². The molecule has 94 valence electrons. The first-order chi connectivity index (χ1) is 7.34. The molecule has 0 radical (unpaired) electrons. The zero-order chi connectivity index (χ0) is 12.3. The summed E-state index contributed by atoms with van der Waals surface area (Å²) in [4.78, 5) is 13.0. The SMILES string of the molecule is CCC(N)CCN1CC(S(N)(=O)=O)CC1=O. The number of carbonyl (C=O) groups is 1. The van der Waals surface area contributed by atoms with Crippen molar-refractivity contribution in [1.82, 2.24) is 4.90 Å². The molecule has 1 aliphatic rings. The summed E-state index contributed by atoms with van der Waals surface area (Å²) >= 11 is 0. The smallest absolute Gasteiger partial charge is 0.224 e. The first kappa shape index (κ1) is 13.4. The first-order valence-electron chi connectivity index (χ1n) is 5.39. The highest BCUT2D eigenvalue weighted by Crippen LogP contribution is 2.16. The summed E-state index contributed by atoms with van der Waals surface area (Å²) in [7, 11) is -3.61. The van der Waals surface area contributed by atoms with E-state index in [-0.39, 0.29) is 24.9 Å². The number of nitrogens with zero attached hydrogens (tertiary/aromatic N) is 1. The van der Waals surface area contributed by atoms with Crippen LogP contribution in [0.15, 0.2) is 0 Å². The van der Waals surface area contributed by atoms with E-state index in [0.717, 1.165) is 6.42 Å². The maximum atomic E-state index is 11.5. The quantitative estimate of drug-likeness (QED) is 0.652. The van der Waals surface area contributed by atoms with E-state index in [1.807, 2.05) is 6.92 Å². The normalized spacial score (nSPS) is 23.8. The van der Waals surface area contributed by atoms with E-state index in [9.17, 15) is 13.2 Å². The fraction of sp³-hybridized carbons (Fsp3) is 0.889. The molecular weight excluding hydrogens is 230 g/mol. The maximum Gasteiger partial charge on any atom is 0.224 e. The van der Waals surface area contributed by atoms with Gasteiger partial charge in [0, 0.05) is 25.6 Å². The minimum atomic E-state index is -3.61. The van der Waals surface area contributed by atoms with Gasteiger partial charge in [-0.05, 0) is 12.8 Å². The second-order valence-electron chi connectivity index (χ2n) is 4.21. The molecule has 1 saturated heterocycles. The number of nitrogens with two attached hydrogens (primary N) is 2. The van der Waals surface area contributed by atoms with Gasteiger partial charge in [-0.15, -0.1) is 0 Å². The monoisotopic (exact) mass is 249 g/mol. The molecule has 1 rings (SSSR count). The highest BCUT2D eigenvalue weighted by atomic mass is 32.2. The molecule has 2 atom stereocenters. The van der Waals surface area contributed by atoms with Crippen molar-refractivity contribution in [3.63, 3.8) is 0 Å². The third-order valence-corrected chi connectivity index (χ3v) is 4.18. The molecule has 4 N–H and O–H groups in total. The molecule has 1 amide bonds. The Labute approximate surface area is 96.0 Å². The topological polar surface area (TPSA) is 106 Å². The van der Waals surface area contributed by atoms with Gasteiger partial charge in [0.25, 0.3) is 0 Å². The summed E-state index contributed by atoms with van der Waals surface area (Å²) in [5.74, 6) is -0.151. The lowest BCUT2D eigenvalue weighted by molar-refractivity contribution is -0.127. The summed E-state index contributed by atoms with van der Waals surface area (Å²) in [6.45, 7) is 2.69. The van der Waals surface area contributed by atoms with Gasteiger partial charge in [-0.3, -0.25) is 4.79 Å². The van der Waals surface area contributed by atoms with Gasteiger partial charge in [-0.2, -0.15) is 0 Å². The van der Waals surface area contributed by atoms with Crippen LogP contribution in [0.5, 0.6) is 0 Å². The van der Waals surface area contributed by atoms with Gasteiger partial charge in [0.15, 0.2) is 0 Å². The molecule has 16 heavy (non-hydrogen) atoms. The average Bonchev–Trinajstić information content (AvgIpc) is 2.56. The Kier molecular flexibility index (Phi) is 4.28. The summed E-state index contributed by atoms with van der Waals surface area (Å²) < 4.78 is 22.2. The van der Waals surface area contributed by atoms with Crippen molar-refractivity contribution in [3.8, 4) is 0 Å². The highest BCUT2D eigenvalue weighted by Gasteiger charge is 2.36. The number of primary sulfonamides is 1. The van der Waals surface area contributed by atoms with Gasteiger partial charge in [0.2, 0.25) is 15.9 Å². The van der Waals surface area contributed by atoms with Crippen molar-refractivity contribution in [3.05, 3.63) is 0 Å². The molecule has 1 aliphatic heterocycles. The summed E-state index contributed by atoms with van der Waals surface area (Å²) in [6.07, 6.45) is 1.54. The third kappa shape index (κ3) is 3.43. The van der Waals surface area contributed by atoms with E-state index < -0.39 is 15.3 Å². The molecule has 0 aliphatic carbocycles. The van der Waals surface area contributed by atoms with Crippen LogP contribution in [0.4, 0.5) is 0 Å². The molecule has 0 spiro atoms. The van der Waals surface area contributed by atoms with Gasteiger partial charge < -0.3 is 10.6 Å². The van der Waals surface area contributed by atoms with E-state index in [1.165, 1.54) is 4.90 Å². The lowest BCUT2D eigenvalue weighted by Gasteiger charge is -2.18. The largest absolute Gasteiger partial charge is 0.341 e. The number of hydrogen-bond donors (Lipinski definition) is 2. The zero-order valence-electron chi connectivity index (χ0n) is 9.43. The molecule has 2 unspecified atom stereocenters. The van der Waals surface area contributed by atoms with E-state index in [0.29, 0.717) is 13.0 Å². The van der Waals surface area contributed by atoms with Crippen LogP contribution in [0.2, 0.25) is 0 Å². The Bertz CT molecular complexity index is 355. The molecule has 0 bridgehead atoms. The van der Waals surface area contributed by atoms with Crippen LogP contribution in [0.1, 0.15) is 26.2 Å². The second kappa shape index (κ2) is 5.11. The Hall–Kier alpha value is -0.660. The van der Waals surface area contributed by atoms with Gasteiger partial charge in [-0.25, -0.2) is 13.6 Å². The first-order valence-corrected chi connectivity index (χ1v) is 7.00. The summed E-state index contributed by atoms with van der Waals surface area (Å²) in [5, 5.41) is 4.26. The number of hydrogen-bond acceptors (Lipinski definition) is 4. The Morgan fingerprint density at radius 3 is 2.62 bits per heavy atom. The van der Waals surface area contributed by atoms with Crippen LogP contribution in [-0.2, 0) is 14.8 Å². The van der Waals surface area contributed by atoms with Crippen molar-refractivity contribution in [1.29, 1.82) is 0 Å². The average molecular weight is 249 g/mol. The van der Waals surface area contributed by atoms with Crippen LogP contribution in [-0.4, -0.2) is 43.6 Å². The highest BCUT2D eigenvalue weighted by molar-refractivity contribution is 7.89. The molecule has 0 aromatic heterocycles. The minimum absolute atomic E-state index is 0.000195. The number of rotatable bonds is 5. The standard InChI is InChI=1S/C9H19N3O3S/c1-2-7(10)3-4-12-6-8(5-9(12)13)16(11,14)15/h7-8H,2-6,10H2,1H3,(H2,11,14,15). The zero-order valence-corrected chi connectivity index (χ0v) is 10.2. The third-order valence-electron chi connectivity index (χ3n) is 2.94. The van der Waals surface area contributed by atoms with Crippen LogP contribution in [0.3, 0.4) is 0 Å². The summed E-state index contributed by atoms with van der Waals surface area (Å²) in [6, 6.07) is 0.0568. The van der Waals surface area contributed by atoms with Crippen LogP contribution in [0.25, 0.3) is 0 Å². The van der Waals surface area contributed by atoms with Crippen LogP contribution < -0.4 is 10.9 Å². The molecule has 1 heterocycles. The maximum absolute atomic E-state index is 11.5. The van der Waals surface area contributed by atoms with Crippen molar-refractivity contribution < 1.29 is 13.2 Å². The van der Waals surface area contributed by atoms with Crippen LogP contribution in [0, 0.1) is 0 Å². The lowest BCUT2D eigenvalue weighted by Crippen LogP contribution is -2.34. The molecule has 7 heteroatoms. The van der Waals surface area contributed by atoms with Crippen molar-refractivity contribution in [2.75, 3.05) is 13.1 Å². The van der Waals surface area contributed by atoms with Crippen LogP contribution >= 0.6 is 0 Å². The molecule has 0 saturated carbocycles. The minimum Gasteiger partial charge on any atom is -0.341 e. The van der Waals surface area contributed by atoms with E-state index in [1.54, 1.807) is 0 Å². The Balaban J connectivity index is 2.49. The van der Waals surface area contributed by atoms with Gasteiger partial charge >= 0.3 is 0 Å². The van der Waals surface area contributed by atoms with Crippen molar-refractivity contribution in [2.45, 2.75) is 37.5 Å². The number of likely N-dealkylation sites (tertiary alicyclic amines) is 1. The molecule has 0 aromatic rings. The van der Waals surface area contributed by atoms with E-state index in [4.69, 9.17) is 10.9 Å². The number of sulfonamides is 1. The summed E-state index contributed by atoms with van der Waals surface area (Å²) in [5.41, 5.74) is 5.74. The van der Waals surface area contributed by atoms with Gasteiger partial charge in [0.1, 0.15) is 5.25 Å². The Morgan fingerprint density at radius 2 is 2.19 bits per heavy atom. The predicted octanol–water partition coefficient (Wildman–Crippen LogP) is -0.997. The lowest BCUT2D eigenvalue weighted by atomic mass is 10.1. The molecule has 0 aromatic carbocycles. The number of carbonyl (C=O) groups excluding carboxylic acids is 1. The molecule has 6 nitrogen and oxygen atoms in total. The van der Waals surface area contributed by atoms with Gasteiger partial charge in [-0.1, -0.05) is 6.92 Å². The predicted molar refractivity (Wildman–Crippen MR) is 61.0 cm³/mol.